The number of nitrogens with one attached hydrogen (secondary N) is 3. The Bertz CT molecular complexity index is 1270. The van der Waals surface area contributed by atoms with E-state index in [1.54, 1.807) is 18.2 Å². The molecule has 182 valence electrons. The number of aromatic nitrogens is 4. The molecule has 2 aliphatic heterocycles. The summed E-state index contributed by atoms with van der Waals surface area (Å²) in [6.45, 7) is 6.21. The van der Waals surface area contributed by atoms with Crippen molar-refractivity contribution in [3.8, 4) is 11.9 Å². The number of carbonyl (C=O) groups is 1. The lowest BCUT2D eigenvalue weighted by molar-refractivity contribution is 0.0785. The highest BCUT2D eigenvalue weighted by molar-refractivity contribution is 5.97. The summed E-state index contributed by atoms with van der Waals surface area (Å²) in [5, 5.41) is 23.7. The molecule has 0 aromatic carbocycles. The maximum Gasteiger partial charge on any atom is 0.259 e. The van der Waals surface area contributed by atoms with Crippen molar-refractivity contribution in [2.45, 2.75) is 39.0 Å². The summed E-state index contributed by atoms with van der Waals surface area (Å²) in [5.41, 5.74) is 1.79. The Balaban J connectivity index is 1.49. The van der Waals surface area contributed by atoms with Crippen LogP contribution in [0.5, 0.6) is 5.88 Å². The summed E-state index contributed by atoms with van der Waals surface area (Å²) in [7, 11) is 0. The normalized spacial score (nSPS) is 17.7. The predicted molar refractivity (Wildman–Crippen MR) is 127 cm³/mol. The summed E-state index contributed by atoms with van der Waals surface area (Å²) in [6.07, 6.45) is 3.21. The van der Waals surface area contributed by atoms with Crippen LogP contribution in [0.1, 0.15) is 42.7 Å². The molecule has 1 amide bonds. The van der Waals surface area contributed by atoms with E-state index < -0.39 is 0 Å². The third-order valence-corrected chi connectivity index (χ3v) is 5.71. The van der Waals surface area contributed by atoms with Gasteiger partial charge in [-0.3, -0.25) is 10.1 Å². The fourth-order valence-electron chi connectivity index (χ4n) is 4.09. The summed E-state index contributed by atoms with van der Waals surface area (Å²) in [4.78, 5) is 23.8. The molecule has 3 N–H and O–H groups in total. The van der Waals surface area contributed by atoms with E-state index in [9.17, 15) is 10.1 Å². The molecule has 12 heteroatoms. The van der Waals surface area contributed by atoms with Crippen LogP contribution >= 0.6 is 0 Å². The Morgan fingerprint density at radius 3 is 2.86 bits per heavy atom. The number of likely N-dealkylation sites (tertiary alicyclic amines) is 1. The predicted octanol–water partition coefficient (Wildman–Crippen LogP) is 2.08. The molecule has 0 aliphatic carbocycles. The van der Waals surface area contributed by atoms with Crippen molar-refractivity contribution in [1.29, 1.82) is 5.26 Å². The SMILES string of the molecule is CC(C)Oc1nc(Nc2cc(NC3COCN3)nn3c(C#N)cnc23)ccc1C(=O)N1CCCC1. The number of hydrogen-bond donors (Lipinski definition) is 3. The number of nitrogens with zero attached hydrogens (tertiary/aromatic N) is 6. The maximum absolute atomic E-state index is 13.0. The minimum atomic E-state index is -0.155. The number of rotatable bonds is 7. The first kappa shape index (κ1) is 22.8. The Hall–Kier alpha value is -3.95. The first-order chi connectivity index (χ1) is 17.0. The number of anilines is 3. The van der Waals surface area contributed by atoms with Crippen LogP contribution in [0.2, 0.25) is 0 Å². The second-order valence-corrected chi connectivity index (χ2v) is 8.69. The topological polar surface area (TPSA) is 142 Å². The number of fused-ring (bicyclic) bond motifs is 1. The van der Waals surface area contributed by atoms with Gasteiger partial charge in [0.25, 0.3) is 5.91 Å². The molecule has 0 bridgehead atoms. The van der Waals surface area contributed by atoms with Crippen LogP contribution in [0.25, 0.3) is 5.65 Å². The van der Waals surface area contributed by atoms with Gasteiger partial charge in [0.05, 0.1) is 31.3 Å². The molecule has 1 atom stereocenters. The van der Waals surface area contributed by atoms with Gasteiger partial charge in [-0.1, -0.05) is 0 Å². The molecule has 5 heterocycles. The van der Waals surface area contributed by atoms with Crippen LogP contribution in [0, 0.1) is 11.3 Å². The largest absolute Gasteiger partial charge is 0.474 e. The molecule has 0 radical (unpaired) electrons. The van der Waals surface area contributed by atoms with Gasteiger partial charge in [0.1, 0.15) is 23.6 Å². The molecule has 2 fully saturated rings. The van der Waals surface area contributed by atoms with Gasteiger partial charge in [0.2, 0.25) is 5.88 Å². The van der Waals surface area contributed by atoms with E-state index in [1.165, 1.54) is 10.7 Å². The molecule has 3 aromatic heterocycles. The quantitative estimate of drug-likeness (QED) is 0.463. The highest BCUT2D eigenvalue weighted by Crippen LogP contribution is 2.28. The van der Waals surface area contributed by atoms with Gasteiger partial charge in [-0.25, -0.2) is 4.98 Å². The zero-order valence-electron chi connectivity index (χ0n) is 19.6. The third kappa shape index (κ3) is 4.82. The number of imidazole rings is 1. The monoisotopic (exact) mass is 477 g/mol. The highest BCUT2D eigenvalue weighted by atomic mass is 16.5. The average Bonchev–Trinajstić information content (AvgIpc) is 3.60. The van der Waals surface area contributed by atoms with Crippen molar-refractivity contribution in [2.75, 3.05) is 37.1 Å². The van der Waals surface area contributed by atoms with Crippen LogP contribution in [0.15, 0.2) is 24.4 Å². The van der Waals surface area contributed by atoms with Gasteiger partial charge in [-0.2, -0.15) is 14.8 Å². The maximum atomic E-state index is 13.0. The average molecular weight is 478 g/mol. The standard InChI is InChI=1S/C23H27N9O3/c1-14(2)35-22-16(23(33)31-7-3-4-8-31)5-6-18(29-22)27-17-9-19(28-20-12-34-13-26-20)30-32-15(10-24)11-25-21(17)32/h5-6,9,11,14,20,26H,3-4,7-8,12-13H2,1-2H3,(H,27,29)(H,28,30). The van der Waals surface area contributed by atoms with E-state index >= 15 is 0 Å². The number of carbonyl (C=O) groups excluding carboxylic acids is 1. The lowest BCUT2D eigenvalue weighted by atomic mass is 10.2. The second kappa shape index (κ2) is 9.73. The second-order valence-electron chi connectivity index (χ2n) is 8.69. The summed E-state index contributed by atoms with van der Waals surface area (Å²) in [6, 6.07) is 7.36. The minimum Gasteiger partial charge on any atom is -0.474 e. The molecule has 2 saturated heterocycles. The smallest absolute Gasteiger partial charge is 0.259 e. The Morgan fingerprint density at radius 2 is 2.14 bits per heavy atom. The third-order valence-electron chi connectivity index (χ3n) is 5.71. The molecule has 0 spiro atoms. The first-order valence-electron chi connectivity index (χ1n) is 11.6. The van der Waals surface area contributed by atoms with E-state index in [0.717, 1.165) is 25.9 Å². The fraction of sp³-hybridized carbons (Fsp3) is 0.435. The van der Waals surface area contributed by atoms with Crippen molar-refractivity contribution in [3.05, 3.63) is 35.7 Å². The van der Waals surface area contributed by atoms with E-state index in [0.29, 0.717) is 47.6 Å². The van der Waals surface area contributed by atoms with E-state index in [1.807, 2.05) is 18.7 Å². The number of amides is 1. The van der Waals surface area contributed by atoms with Crippen LogP contribution in [-0.4, -0.2) is 69.1 Å². The van der Waals surface area contributed by atoms with Crippen molar-refractivity contribution >= 4 is 28.9 Å². The van der Waals surface area contributed by atoms with Crippen LogP contribution in [-0.2, 0) is 4.74 Å². The number of nitriles is 1. The van der Waals surface area contributed by atoms with Crippen LogP contribution in [0.3, 0.4) is 0 Å². The Kier molecular flexibility index (Phi) is 6.35. The van der Waals surface area contributed by atoms with Crippen molar-refractivity contribution in [3.63, 3.8) is 0 Å². The number of ether oxygens (including phenoxy) is 2. The lowest BCUT2D eigenvalue weighted by Gasteiger charge is -2.19. The number of hydrogen-bond acceptors (Lipinski definition) is 10. The lowest BCUT2D eigenvalue weighted by Crippen LogP contribution is -2.32. The molecule has 2 aliphatic rings. The Labute approximate surface area is 202 Å². The minimum absolute atomic E-state index is 0.0758. The molecular weight excluding hydrogens is 450 g/mol. The first-order valence-corrected chi connectivity index (χ1v) is 11.6. The number of pyridine rings is 1. The van der Waals surface area contributed by atoms with E-state index in [4.69, 9.17) is 9.47 Å². The molecular formula is C23H27N9O3. The van der Waals surface area contributed by atoms with Gasteiger partial charge in [0.15, 0.2) is 17.2 Å². The summed E-state index contributed by atoms with van der Waals surface area (Å²) in [5.74, 6) is 1.20. The Morgan fingerprint density at radius 1 is 1.31 bits per heavy atom. The zero-order chi connectivity index (χ0) is 24.4. The highest BCUT2D eigenvalue weighted by Gasteiger charge is 2.25. The molecule has 1 unspecified atom stereocenters. The fourth-order valence-corrected chi connectivity index (χ4v) is 4.09. The van der Waals surface area contributed by atoms with Gasteiger partial charge in [0, 0.05) is 19.2 Å². The van der Waals surface area contributed by atoms with Gasteiger partial charge in [-0.05, 0) is 38.8 Å². The van der Waals surface area contributed by atoms with E-state index in [2.05, 4.69) is 37.1 Å². The van der Waals surface area contributed by atoms with Gasteiger partial charge >= 0.3 is 0 Å². The van der Waals surface area contributed by atoms with Crippen molar-refractivity contribution in [1.82, 2.24) is 29.8 Å². The van der Waals surface area contributed by atoms with E-state index in [-0.39, 0.29) is 24.1 Å². The molecule has 3 aromatic rings. The van der Waals surface area contributed by atoms with Crippen molar-refractivity contribution in [2.24, 2.45) is 0 Å². The molecule has 5 rings (SSSR count). The van der Waals surface area contributed by atoms with Crippen LogP contribution < -0.4 is 20.7 Å². The summed E-state index contributed by atoms with van der Waals surface area (Å²) < 4.78 is 12.7. The zero-order valence-corrected chi connectivity index (χ0v) is 19.6. The molecule has 0 saturated carbocycles. The van der Waals surface area contributed by atoms with Gasteiger partial charge < -0.3 is 25.0 Å². The van der Waals surface area contributed by atoms with Gasteiger partial charge in [-0.15, -0.1) is 5.10 Å². The van der Waals surface area contributed by atoms with Crippen LogP contribution in [0.4, 0.5) is 17.3 Å². The molecule has 35 heavy (non-hydrogen) atoms. The van der Waals surface area contributed by atoms with Crippen molar-refractivity contribution < 1.29 is 14.3 Å². The molecule has 12 nitrogen and oxygen atoms in total. The summed E-state index contributed by atoms with van der Waals surface area (Å²) >= 11 is 0.